The molecule has 1 aliphatic heterocycles. The van der Waals surface area contributed by atoms with E-state index < -0.39 is 0 Å². The van der Waals surface area contributed by atoms with E-state index in [2.05, 4.69) is 181 Å². The summed E-state index contributed by atoms with van der Waals surface area (Å²) in [5, 5.41) is 2.49. The van der Waals surface area contributed by atoms with Crippen molar-refractivity contribution in [3.8, 4) is 39.4 Å². The SMILES string of the molecule is CC1(C)c2ccccc2-c2cc3c(cc21)Oc1ccc(-c2ccc4c(c2)c2ccccc2n4-c2ccccc2)cc1N3c1ccccc1. The first-order valence-electron chi connectivity index (χ1n) is 16.6. The predicted octanol–water partition coefficient (Wildman–Crippen LogP) is 12.3. The molecule has 1 aliphatic carbocycles. The Balaban J connectivity index is 1.15. The molecule has 228 valence electrons. The maximum Gasteiger partial charge on any atom is 0.151 e. The molecule has 48 heavy (non-hydrogen) atoms. The van der Waals surface area contributed by atoms with Crippen molar-refractivity contribution < 1.29 is 4.74 Å². The average Bonchev–Trinajstić information content (AvgIpc) is 3.58. The number of hydrogen-bond acceptors (Lipinski definition) is 2. The third-order valence-electron chi connectivity index (χ3n) is 10.4. The molecule has 0 saturated heterocycles. The maximum absolute atomic E-state index is 6.77. The van der Waals surface area contributed by atoms with Gasteiger partial charge in [0.05, 0.1) is 22.4 Å². The van der Waals surface area contributed by atoms with Gasteiger partial charge >= 0.3 is 0 Å². The van der Waals surface area contributed by atoms with Gasteiger partial charge in [-0.1, -0.05) is 105 Å². The normalized spacial score (nSPS) is 13.9. The monoisotopic (exact) mass is 616 g/mol. The largest absolute Gasteiger partial charge is 0.453 e. The van der Waals surface area contributed by atoms with E-state index in [-0.39, 0.29) is 5.41 Å². The fourth-order valence-corrected chi connectivity index (χ4v) is 8.04. The molecule has 0 atom stereocenters. The van der Waals surface area contributed by atoms with Crippen LogP contribution in [0, 0.1) is 0 Å². The third kappa shape index (κ3) is 3.82. The van der Waals surface area contributed by atoms with Crippen LogP contribution in [0.15, 0.2) is 158 Å². The first-order chi connectivity index (χ1) is 23.6. The van der Waals surface area contributed by atoms with E-state index in [1.807, 2.05) is 0 Å². The summed E-state index contributed by atoms with van der Waals surface area (Å²) in [4.78, 5) is 2.37. The number of ether oxygens (including phenoxy) is 1. The summed E-state index contributed by atoms with van der Waals surface area (Å²) in [6.07, 6.45) is 0. The van der Waals surface area contributed by atoms with Crippen LogP contribution in [0.5, 0.6) is 11.5 Å². The molecule has 2 heterocycles. The fourth-order valence-electron chi connectivity index (χ4n) is 8.04. The molecule has 7 aromatic carbocycles. The second-order valence-electron chi connectivity index (χ2n) is 13.4. The molecule has 3 heteroatoms. The quantitative estimate of drug-likeness (QED) is 0.196. The number of para-hydroxylation sites is 3. The lowest BCUT2D eigenvalue weighted by atomic mass is 9.82. The highest BCUT2D eigenvalue weighted by atomic mass is 16.5. The Morgan fingerprint density at radius 2 is 1.10 bits per heavy atom. The van der Waals surface area contributed by atoms with Crippen LogP contribution in [-0.2, 0) is 5.41 Å². The van der Waals surface area contributed by atoms with Gasteiger partial charge in [-0.25, -0.2) is 0 Å². The van der Waals surface area contributed by atoms with Gasteiger partial charge in [-0.05, 0) is 100 Å². The highest BCUT2D eigenvalue weighted by Crippen LogP contribution is 2.57. The molecule has 8 aromatic rings. The lowest BCUT2D eigenvalue weighted by molar-refractivity contribution is 0.475. The zero-order valence-electron chi connectivity index (χ0n) is 26.8. The van der Waals surface area contributed by atoms with Crippen molar-refractivity contribution >= 4 is 38.9 Å². The molecule has 0 saturated carbocycles. The van der Waals surface area contributed by atoms with Crippen molar-refractivity contribution in [3.05, 3.63) is 169 Å². The van der Waals surface area contributed by atoms with Crippen LogP contribution in [-0.4, -0.2) is 4.57 Å². The molecule has 0 bridgehead atoms. The molecular formula is C45H32N2O. The summed E-state index contributed by atoms with van der Waals surface area (Å²) >= 11 is 0. The number of rotatable bonds is 3. The van der Waals surface area contributed by atoms with E-state index in [0.717, 1.165) is 39.8 Å². The Labute approximate surface area is 279 Å². The maximum atomic E-state index is 6.77. The van der Waals surface area contributed by atoms with Gasteiger partial charge in [0.15, 0.2) is 11.5 Å². The molecule has 0 N–H and O–H groups in total. The second-order valence-corrected chi connectivity index (χ2v) is 13.4. The van der Waals surface area contributed by atoms with Crippen LogP contribution in [0.2, 0.25) is 0 Å². The summed E-state index contributed by atoms with van der Waals surface area (Å²) in [7, 11) is 0. The van der Waals surface area contributed by atoms with Gasteiger partial charge in [0.2, 0.25) is 0 Å². The van der Waals surface area contributed by atoms with Gasteiger partial charge in [-0.3, -0.25) is 0 Å². The van der Waals surface area contributed by atoms with Gasteiger partial charge in [-0.15, -0.1) is 0 Å². The molecule has 1 aromatic heterocycles. The highest BCUT2D eigenvalue weighted by Gasteiger charge is 2.38. The molecule has 2 aliphatic rings. The Hall–Kier alpha value is -6.06. The van der Waals surface area contributed by atoms with Crippen LogP contribution in [0.1, 0.15) is 25.0 Å². The summed E-state index contributed by atoms with van der Waals surface area (Å²) in [5.41, 5.74) is 14.2. The van der Waals surface area contributed by atoms with Gasteiger partial charge < -0.3 is 14.2 Å². The van der Waals surface area contributed by atoms with E-state index in [1.165, 1.54) is 49.6 Å². The minimum atomic E-state index is -0.103. The van der Waals surface area contributed by atoms with Gasteiger partial charge in [-0.2, -0.15) is 0 Å². The van der Waals surface area contributed by atoms with Crippen LogP contribution in [0.4, 0.5) is 17.1 Å². The summed E-state index contributed by atoms with van der Waals surface area (Å²) in [5.74, 6) is 1.74. The molecule has 0 amide bonds. The average molecular weight is 617 g/mol. The Bertz CT molecular complexity index is 2560. The topological polar surface area (TPSA) is 17.4 Å². The highest BCUT2D eigenvalue weighted by molar-refractivity contribution is 6.10. The molecule has 10 rings (SSSR count). The summed E-state index contributed by atoms with van der Waals surface area (Å²) < 4.78 is 9.13. The van der Waals surface area contributed by atoms with Crippen molar-refractivity contribution in [3.63, 3.8) is 0 Å². The van der Waals surface area contributed by atoms with Crippen LogP contribution in [0.3, 0.4) is 0 Å². The Morgan fingerprint density at radius 1 is 0.458 bits per heavy atom. The zero-order chi connectivity index (χ0) is 32.0. The first-order valence-corrected chi connectivity index (χ1v) is 16.6. The van der Waals surface area contributed by atoms with Gasteiger partial charge in [0, 0.05) is 27.6 Å². The number of fused-ring (bicyclic) bond motifs is 8. The standard InChI is InChI=1S/C45H32N2O/c1-45(2)37-19-11-9-17-33(37)35-27-42-44(28-38(35)45)48-43-24-22-30(26-41(43)47(42)32-15-7-4-8-16-32)29-21-23-40-36(25-29)34-18-10-12-20-39(34)46(40)31-13-5-3-6-14-31/h3-28H,1-2H3. The molecule has 0 unspecified atom stereocenters. The molecule has 3 nitrogen and oxygen atoms in total. The Kier molecular flexibility index (Phi) is 5.63. The van der Waals surface area contributed by atoms with Crippen LogP contribution in [0.25, 0.3) is 49.7 Å². The molecular weight excluding hydrogens is 585 g/mol. The number of anilines is 3. The zero-order valence-corrected chi connectivity index (χ0v) is 26.8. The van der Waals surface area contributed by atoms with E-state index in [9.17, 15) is 0 Å². The Morgan fingerprint density at radius 3 is 1.94 bits per heavy atom. The number of hydrogen-bond donors (Lipinski definition) is 0. The summed E-state index contributed by atoms with van der Waals surface area (Å²) in [6.45, 7) is 4.63. The lowest BCUT2D eigenvalue weighted by Gasteiger charge is -2.34. The van der Waals surface area contributed by atoms with Crippen molar-refractivity contribution in [1.29, 1.82) is 0 Å². The van der Waals surface area contributed by atoms with E-state index in [4.69, 9.17) is 4.74 Å². The van der Waals surface area contributed by atoms with Crippen molar-refractivity contribution in [1.82, 2.24) is 4.57 Å². The van der Waals surface area contributed by atoms with E-state index in [0.29, 0.717) is 0 Å². The predicted molar refractivity (Wildman–Crippen MR) is 199 cm³/mol. The molecule has 0 radical (unpaired) electrons. The number of benzene rings is 7. The van der Waals surface area contributed by atoms with Crippen LogP contribution < -0.4 is 9.64 Å². The van der Waals surface area contributed by atoms with E-state index in [1.54, 1.807) is 0 Å². The number of aromatic nitrogens is 1. The first kappa shape index (κ1) is 27.1. The van der Waals surface area contributed by atoms with E-state index >= 15 is 0 Å². The van der Waals surface area contributed by atoms with Crippen molar-refractivity contribution in [2.24, 2.45) is 0 Å². The second kappa shape index (κ2) is 9.97. The third-order valence-corrected chi connectivity index (χ3v) is 10.4. The number of nitrogens with zero attached hydrogens (tertiary/aromatic N) is 2. The van der Waals surface area contributed by atoms with Gasteiger partial charge in [0.25, 0.3) is 0 Å². The minimum Gasteiger partial charge on any atom is -0.453 e. The fraction of sp³-hybridized carbons (Fsp3) is 0.0667. The van der Waals surface area contributed by atoms with Crippen molar-refractivity contribution in [2.75, 3.05) is 4.90 Å². The smallest absolute Gasteiger partial charge is 0.151 e. The molecule has 0 spiro atoms. The van der Waals surface area contributed by atoms with Crippen molar-refractivity contribution in [2.45, 2.75) is 19.3 Å². The van der Waals surface area contributed by atoms with Crippen LogP contribution >= 0.6 is 0 Å². The lowest BCUT2D eigenvalue weighted by Crippen LogP contribution is -2.18. The van der Waals surface area contributed by atoms with Gasteiger partial charge in [0.1, 0.15) is 0 Å². The minimum absolute atomic E-state index is 0.103. The molecule has 0 fully saturated rings. The summed E-state index contributed by atoms with van der Waals surface area (Å²) in [6, 6.07) is 56.8.